The number of nitriles is 1. The van der Waals surface area contributed by atoms with Crippen molar-refractivity contribution in [3.05, 3.63) is 47.5 Å². The molecule has 0 radical (unpaired) electrons. The first-order valence-corrected chi connectivity index (χ1v) is 4.43. The van der Waals surface area contributed by atoms with E-state index >= 15 is 0 Å². The Labute approximate surface area is 85.6 Å². The maximum absolute atomic E-state index is 12.5. The highest BCUT2D eigenvalue weighted by Gasteiger charge is 2.10. The van der Waals surface area contributed by atoms with E-state index in [9.17, 15) is 8.78 Å². The summed E-state index contributed by atoms with van der Waals surface area (Å²) in [7, 11) is 0. The third-order valence-corrected chi connectivity index (χ3v) is 2.26. The Kier molecular flexibility index (Phi) is 2.34. The van der Waals surface area contributed by atoms with Crippen LogP contribution in [0, 0.1) is 11.3 Å². The lowest BCUT2D eigenvalue weighted by molar-refractivity contribution is 0.151. The molecule has 0 aliphatic carbocycles. The van der Waals surface area contributed by atoms with Crippen molar-refractivity contribution < 1.29 is 8.78 Å². The average Bonchev–Trinajstić information content (AvgIpc) is 2.27. The molecule has 0 fully saturated rings. The first-order valence-electron chi connectivity index (χ1n) is 4.43. The van der Waals surface area contributed by atoms with Crippen molar-refractivity contribution in [3.63, 3.8) is 0 Å². The second-order valence-corrected chi connectivity index (χ2v) is 3.20. The Bertz CT molecular complexity index is 541. The largest absolute Gasteiger partial charge is 0.263 e. The summed E-state index contributed by atoms with van der Waals surface area (Å²) in [5.74, 6) is 0. The Hall–Kier alpha value is -1.95. The van der Waals surface area contributed by atoms with E-state index < -0.39 is 6.43 Å². The zero-order valence-electron chi connectivity index (χ0n) is 7.74. The molecule has 0 saturated carbocycles. The van der Waals surface area contributed by atoms with Gasteiger partial charge in [-0.05, 0) is 22.9 Å². The Morgan fingerprint density at radius 1 is 1.13 bits per heavy atom. The third-order valence-electron chi connectivity index (χ3n) is 2.26. The van der Waals surface area contributed by atoms with E-state index in [0.29, 0.717) is 16.3 Å². The minimum Gasteiger partial charge on any atom is -0.205 e. The zero-order chi connectivity index (χ0) is 10.8. The molecule has 0 aromatic heterocycles. The van der Waals surface area contributed by atoms with Crippen molar-refractivity contribution in [1.82, 2.24) is 0 Å². The third kappa shape index (κ3) is 1.66. The highest BCUT2D eigenvalue weighted by atomic mass is 19.3. The molecule has 0 aliphatic heterocycles. The lowest BCUT2D eigenvalue weighted by Gasteiger charge is -2.04. The van der Waals surface area contributed by atoms with Gasteiger partial charge in [-0.25, -0.2) is 8.78 Å². The number of alkyl halides is 2. The molecule has 74 valence electrons. The van der Waals surface area contributed by atoms with Crippen LogP contribution >= 0.6 is 0 Å². The van der Waals surface area contributed by atoms with Crippen LogP contribution in [0.5, 0.6) is 0 Å². The van der Waals surface area contributed by atoms with E-state index in [1.54, 1.807) is 24.3 Å². The van der Waals surface area contributed by atoms with Crippen LogP contribution in [-0.2, 0) is 0 Å². The van der Waals surface area contributed by atoms with E-state index in [2.05, 4.69) is 0 Å². The summed E-state index contributed by atoms with van der Waals surface area (Å²) in [6.07, 6.45) is -2.54. The van der Waals surface area contributed by atoms with Gasteiger partial charge in [0.2, 0.25) is 0 Å². The van der Waals surface area contributed by atoms with Crippen LogP contribution in [0.3, 0.4) is 0 Å². The Balaban J connectivity index is 2.78. The van der Waals surface area contributed by atoms with Gasteiger partial charge in [-0.2, -0.15) is 5.26 Å². The summed E-state index contributed by atoms with van der Waals surface area (Å²) in [6.45, 7) is 0. The molecule has 0 amide bonds. The standard InChI is InChI=1S/C12H7F2N/c13-12(14)9-5-8-3-1-2-4-11(8)10(6-9)7-15/h1-6,12H. The van der Waals surface area contributed by atoms with Crippen LogP contribution in [-0.4, -0.2) is 0 Å². The molecule has 0 unspecified atom stereocenters. The summed E-state index contributed by atoms with van der Waals surface area (Å²) in [5.41, 5.74) is 0.189. The van der Waals surface area contributed by atoms with Gasteiger partial charge in [0.15, 0.2) is 0 Å². The molecule has 2 rings (SSSR count). The van der Waals surface area contributed by atoms with Gasteiger partial charge < -0.3 is 0 Å². The molecule has 3 heteroatoms. The molecule has 0 heterocycles. The molecule has 0 bridgehead atoms. The number of nitrogens with zero attached hydrogens (tertiary/aromatic N) is 1. The monoisotopic (exact) mass is 203 g/mol. The van der Waals surface area contributed by atoms with E-state index in [-0.39, 0.29) is 5.56 Å². The van der Waals surface area contributed by atoms with Gasteiger partial charge >= 0.3 is 0 Å². The van der Waals surface area contributed by atoms with Crippen molar-refractivity contribution >= 4 is 10.8 Å². The molecule has 2 aromatic rings. The van der Waals surface area contributed by atoms with Gasteiger partial charge in [-0.1, -0.05) is 24.3 Å². The molecule has 0 aliphatic rings. The van der Waals surface area contributed by atoms with Crippen molar-refractivity contribution in [3.8, 4) is 6.07 Å². The van der Waals surface area contributed by atoms with Crippen LogP contribution in [0.25, 0.3) is 10.8 Å². The van der Waals surface area contributed by atoms with Gasteiger partial charge in [0.25, 0.3) is 6.43 Å². The summed E-state index contributed by atoms with van der Waals surface area (Å²) >= 11 is 0. The molecular weight excluding hydrogens is 196 g/mol. The summed E-state index contributed by atoms with van der Waals surface area (Å²) in [6, 6.07) is 11.6. The van der Waals surface area contributed by atoms with Crippen LogP contribution in [0.2, 0.25) is 0 Å². The average molecular weight is 203 g/mol. The quantitative estimate of drug-likeness (QED) is 0.694. The molecule has 15 heavy (non-hydrogen) atoms. The number of halogens is 2. The number of benzene rings is 2. The number of fused-ring (bicyclic) bond motifs is 1. The second kappa shape index (κ2) is 3.66. The summed E-state index contributed by atoms with van der Waals surface area (Å²) < 4.78 is 25.0. The van der Waals surface area contributed by atoms with Crippen molar-refractivity contribution in [2.24, 2.45) is 0 Å². The Morgan fingerprint density at radius 2 is 1.87 bits per heavy atom. The van der Waals surface area contributed by atoms with Crippen LogP contribution in [0.1, 0.15) is 17.6 Å². The van der Waals surface area contributed by atoms with Crippen molar-refractivity contribution in [1.29, 1.82) is 5.26 Å². The topological polar surface area (TPSA) is 23.8 Å². The van der Waals surface area contributed by atoms with Gasteiger partial charge in [0, 0.05) is 5.56 Å². The SMILES string of the molecule is N#Cc1cc(C(F)F)cc2ccccc12. The fourth-order valence-corrected chi connectivity index (χ4v) is 1.55. The lowest BCUT2D eigenvalue weighted by atomic mass is 10.0. The Morgan fingerprint density at radius 3 is 2.53 bits per heavy atom. The molecule has 0 saturated heterocycles. The minimum atomic E-state index is -2.54. The fourth-order valence-electron chi connectivity index (χ4n) is 1.55. The minimum absolute atomic E-state index is 0.106. The maximum atomic E-state index is 12.5. The van der Waals surface area contributed by atoms with E-state index in [1.807, 2.05) is 6.07 Å². The summed E-state index contributed by atoms with van der Waals surface area (Å²) in [4.78, 5) is 0. The van der Waals surface area contributed by atoms with Crippen LogP contribution in [0.4, 0.5) is 8.78 Å². The van der Waals surface area contributed by atoms with E-state index in [0.717, 1.165) is 0 Å². The zero-order valence-corrected chi connectivity index (χ0v) is 7.74. The maximum Gasteiger partial charge on any atom is 0.263 e. The van der Waals surface area contributed by atoms with Crippen molar-refractivity contribution in [2.75, 3.05) is 0 Å². The van der Waals surface area contributed by atoms with Crippen molar-refractivity contribution in [2.45, 2.75) is 6.43 Å². The normalized spacial score (nSPS) is 10.5. The second-order valence-electron chi connectivity index (χ2n) is 3.20. The number of hydrogen-bond acceptors (Lipinski definition) is 1. The van der Waals surface area contributed by atoms with Gasteiger partial charge in [-0.3, -0.25) is 0 Å². The van der Waals surface area contributed by atoms with Gasteiger partial charge in [0.1, 0.15) is 0 Å². The molecular formula is C12H7F2N. The first kappa shape index (κ1) is 9.60. The highest BCUT2D eigenvalue weighted by molar-refractivity contribution is 5.88. The highest BCUT2D eigenvalue weighted by Crippen LogP contribution is 2.26. The lowest BCUT2D eigenvalue weighted by Crippen LogP contribution is -1.88. The predicted molar refractivity (Wildman–Crippen MR) is 53.6 cm³/mol. The van der Waals surface area contributed by atoms with E-state index in [4.69, 9.17) is 5.26 Å². The number of rotatable bonds is 1. The molecule has 1 nitrogen and oxygen atoms in total. The molecule has 0 N–H and O–H groups in total. The van der Waals surface area contributed by atoms with Gasteiger partial charge in [0.05, 0.1) is 11.6 Å². The molecule has 0 spiro atoms. The van der Waals surface area contributed by atoms with Crippen LogP contribution < -0.4 is 0 Å². The predicted octanol–water partition coefficient (Wildman–Crippen LogP) is 3.65. The molecule has 0 atom stereocenters. The summed E-state index contributed by atoms with van der Waals surface area (Å²) in [5, 5.41) is 10.2. The number of hydrogen-bond donors (Lipinski definition) is 0. The molecule has 2 aromatic carbocycles. The first-order chi connectivity index (χ1) is 7.22. The smallest absolute Gasteiger partial charge is 0.205 e. The van der Waals surface area contributed by atoms with Gasteiger partial charge in [-0.15, -0.1) is 0 Å². The van der Waals surface area contributed by atoms with E-state index in [1.165, 1.54) is 12.1 Å². The van der Waals surface area contributed by atoms with Crippen LogP contribution in [0.15, 0.2) is 36.4 Å². The fraction of sp³-hybridized carbons (Fsp3) is 0.0833.